The molecule has 3 N–H and O–H groups in total. The summed E-state index contributed by atoms with van der Waals surface area (Å²) >= 11 is 6.07. The minimum atomic E-state index is -1.90. The van der Waals surface area contributed by atoms with Crippen molar-refractivity contribution in [1.82, 2.24) is 0 Å². The molecule has 0 fully saturated rings. The molecule has 2 rings (SSSR count). The number of nitrogens with two attached hydrogens (primary N) is 1. The molecule has 1 heterocycles. The highest BCUT2D eigenvalue weighted by molar-refractivity contribution is 7.82. The molecule has 8 nitrogen and oxygen atoms in total. The minimum absolute atomic E-state index is 0.0269. The van der Waals surface area contributed by atoms with Crippen LogP contribution in [-0.2, 0) is 31.8 Å². The van der Waals surface area contributed by atoms with Crippen molar-refractivity contribution in [3.05, 3.63) is 46.9 Å². The van der Waals surface area contributed by atoms with Crippen molar-refractivity contribution in [2.45, 2.75) is 18.4 Å². The van der Waals surface area contributed by atoms with Crippen LogP contribution in [0.15, 0.2) is 39.8 Å². The third kappa shape index (κ3) is 5.32. The van der Waals surface area contributed by atoms with Gasteiger partial charge in [-0.25, -0.2) is 18.9 Å². The Hall–Kier alpha value is -2.36. The molecule has 1 atom stereocenters. The van der Waals surface area contributed by atoms with Crippen LogP contribution >= 0.6 is 11.6 Å². The highest BCUT2D eigenvalue weighted by atomic mass is 35.5. The second kappa shape index (κ2) is 9.37. The van der Waals surface area contributed by atoms with Gasteiger partial charge in [0.15, 0.2) is 6.61 Å². The summed E-state index contributed by atoms with van der Waals surface area (Å²) in [6.45, 7) is 1.53. The van der Waals surface area contributed by atoms with E-state index in [0.717, 1.165) is 0 Å². The van der Waals surface area contributed by atoms with Crippen molar-refractivity contribution in [3.8, 4) is 0 Å². The van der Waals surface area contributed by atoms with Crippen molar-refractivity contribution >= 4 is 40.2 Å². The monoisotopic (exact) mass is 400 g/mol. The van der Waals surface area contributed by atoms with Gasteiger partial charge in [-0.15, -0.1) is 0 Å². The van der Waals surface area contributed by atoms with Crippen LogP contribution in [0.25, 0.3) is 0 Å². The highest BCUT2D eigenvalue weighted by Crippen LogP contribution is 2.28. The normalized spacial score (nSPS) is 11.7. The van der Waals surface area contributed by atoms with Crippen molar-refractivity contribution in [2.75, 3.05) is 18.5 Å². The Morgan fingerprint density at radius 2 is 2.12 bits per heavy atom. The first kappa shape index (κ1) is 20.0. The summed E-state index contributed by atoms with van der Waals surface area (Å²) in [4.78, 5) is 23.8. The number of esters is 2. The topological polar surface area (TPSA) is 121 Å². The number of rotatable bonds is 8. The summed E-state index contributed by atoms with van der Waals surface area (Å²) in [5, 5.41) is 8.47. The molecule has 0 aliphatic rings. The lowest BCUT2D eigenvalue weighted by Crippen LogP contribution is -2.18. The largest absolute Gasteiger partial charge is 0.467 e. The van der Waals surface area contributed by atoms with Gasteiger partial charge in [0.1, 0.15) is 16.7 Å². The summed E-state index contributed by atoms with van der Waals surface area (Å²) in [6, 6.07) is 6.14. The molecule has 140 valence electrons. The van der Waals surface area contributed by atoms with E-state index in [0.29, 0.717) is 11.4 Å². The van der Waals surface area contributed by atoms with E-state index in [1.54, 1.807) is 19.1 Å². The van der Waals surface area contributed by atoms with Gasteiger partial charge in [0.25, 0.3) is 0 Å². The average Bonchev–Trinajstić information content (AvgIpc) is 3.11. The van der Waals surface area contributed by atoms with Gasteiger partial charge in [-0.3, -0.25) is 0 Å². The summed E-state index contributed by atoms with van der Waals surface area (Å²) in [5.74, 6) is -0.871. The van der Waals surface area contributed by atoms with Gasteiger partial charge in [-0.1, -0.05) is 11.6 Å². The van der Waals surface area contributed by atoms with Gasteiger partial charge in [-0.2, -0.15) is 0 Å². The first-order valence-electron chi connectivity index (χ1n) is 7.51. The molecule has 1 unspecified atom stereocenters. The van der Waals surface area contributed by atoms with E-state index in [1.807, 2.05) is 0 Å². The molecule has 0 bridgehead atoms. The Morgan fingerprint density at radius 3 is 2.73 bits per heavy atom. The fourth-order valence-electron chi connectivity index (χ4n) is 2.02. The van der Waals surface area contributed by atoms with Crippen LogP contribution < -0.4 is 10.5 Å². The molecule has 10 heteroatoms. The number of hydrogen-bond donors (Lipinski definition) is 2. The molecular weight excluding hydrogens is 384 g/mol. The number of ether oxygens (including phenoxy) is 2. The zero-order valence-electron chi connectivity index (χ0n) is 13.8. The number of benzene rings is 1. The molecule has 2 aromatic rings. The highest BCUT2D eigenvalue weighted by Gasteiger charge is 2.19. The van der Waals surface area contributed by atoms with Gasteiger partial charge < -0.3 is 19.2 Å². The third-order valence-corrected chi connectivity index (χ3v) is 4.36. The van der Waals surface area contributed by atoms with E-state index in [1.165, 1.54) is 18.4 Å². The van der Waals surface area contributed by atoms with Crippen LogP contribution in [0.5, 0.6) is 0 Å². The van der Waals surface area contributed by atoms with Gasteiger partial charge in [0.05, 0.1) is 40.6 Å². The number of carbonyl (C=O) groups excluding carboxylic acids is 2. The van der Waals surface area contributed by atoms with E-state index >= 15 is 0 Å². The molecule has 0 amide bonds. The van der Waals surface area contributed by atoms with Crippen LogP contribution in [0.3, 0.4) is 0 Å². The van der Waals surface area contributed by atoms with E-state index in [-0.39, 0.29) is 28.6 Å². The Kier molecular flexibility index (Phi) is 7.19. The molecular formula is C16H17ClN2O6S. The summed E-state index contributed by atoms with van der Waals surface area (Å²) in [5.41, 5.74) is 0.341. The number of nitrogens with one attached hydrogen (secondary N) is 1. The quantitative estimate of drug-likeness (QED) is 0.651. The van der Waals surface area contributed by atoms with Gasteiger partial charge in [0.2, 0.25) is 0 Å². The van der Waals surface area contributed by atoms with Gasteiger partial charge in [0, 0.05) is 0 Å². The molecule has 0 spiro atoms. The molecule has 0 aliphatic heterocycles. The molecule has 1 aromatic heterocycles. The van der Waals surface area contributed by atoms with Gasteiger partial charge >= 0.3 is 11.9 Å². The number of halogens is 1. The molecule has 1 aromatic carbocycles. The Balaban J connectivity index is 2.24. The third-order valence-electron chi connectivity index (χ3n) is 3.17. The Bertz CT molecular complexity index is 809. The molecule has 0 aliphatic carbocycles. The van der Waals surface area contributed by atoms with E-state index < -0.39 is 29.5 Å². The Labute approximate surface area is 157 Å². The van der Waals surface area contributed by atoms with Crippen LogP contribution in [0, 0.1) is 0 Å². The van der Waals surface area contributed by atoms with E-state index in [2.05, 4.69) is 5.32 Å². The summed E-state index contributed by atoms with van der Waals surface area (Å²) in [7, 11) is -1.90. The molecule has 0 saturated heterocycles. The van der Waals surface area contributed by atoms with Crippen LogP contribution in [0.2, 0.25) is 5.02 Å². The summed E-state index contributed by atoms with van der Waals surface area (Å²) in [6.07, 6.45) is 1.51. The average molecular weight is 401 g/mol. The SMILES string of the molecule is CCOC(=O)COC(=O)c1cc(S(N)=O)c(Cl)cc1NCc1ccco1. The maximum atomic E-state index is 12.3. The lowest BCUT2D eigenvalue weighted by atomic mass is 10.1. The maximum absolute atomic E-state index is 12.3. The standard InChI is InChI=1S/C16H17ClN2O6S/c1-2-23-15(20)9-25-16(21)11-6-14(26(18)22)12(17)7-13(11)19-8-10-4-3-5-24-10/h3-7,19H,2,8-9,18H2,1H3. The first-order chi connectivity index (χ1) is 12.4. The number of carbonyl (C=O) groups is 2. The van der Waals surface area contributed by atoms with Crippen molar-refractivity contribution in [1.29, 1.82) is 0 Å². The molecule has 0 radical (unpaired) electrons. The number of anilines is 1. The fraction of sp³-hybridized carbons (Fsp3) is 0.250. The smallest absolute Gasteiger partial charge is 0.344 e. The van der Waals surface area contributed by atoms with Crippen molar-refractivity contribution in [3.63, 3.8) is 0 Å². The predicted octanol–water partition coefficient (Wildman–Crippen LogP) is 2.25. The zero-order valence-corrected chi connectivity index (χ0v) is 15.4. The van der Waals surface area contributed by atoms with Crippen molar-refractivity contribution < 1.29 is 27.7 Å². The van der Waals surface area contributed by atoms with Gasteiger partial charge in [-0.05, 0) is 31.2 Å². The molecule has 0 saturated carbocycles. The van der Waals surface area contributed by atoms with E-state index in [4.69, 9.17) is 30.6 Å². The second-order valence-corrected chi connectivity index (χ2v) is 6.38. The van der Waals surface area contributed by atoms with Crippen LogP contribution in [0.1, 0.15) is 23.0 Å². The lowest BCUT2D eigenvalue weighted by Gasteiger charge is -2.13. The fourth-order valence-corrected chi connectivity index (χ4v) is 2.90. The second-order valence-electron chi connectivity index (χ2n) is 4.94. The molecule has 26 heavy (non-hydrogen) atoms. The van der Waals surface area contributed by atoms with E-state index in [9.17, 15) is 13.8 Å². The van der Waals surface area contributed by atoms with Crippen LogP contribution in [-0.4, -0.2) is 29.4 Å². The first-order valence-corrected chi connectivity index (χ1v) is 9.10. The maximum Gasteiger partial charge on any atom is 0.344 e. The lowest BCUT2D eigenvalue weighted by molar-refractivity contribution is -0.146. The zero-order chi connectivity index (χ0) is 19.1. The van der Waals surface area contributed by atoms with Crippen molar-refractivity contribution in [2.24, 2.45) is 5.14 Å². The van der Waals surface area contributed by atoms with Crippen LogP contribution in [0.4, 0.5) is 5.69 Å². The summed E-state index contributed by atoms with van der Waals surface area (Å²) < 4.78 is 26.4. The Morgan fingerprint density at radius 1 is 1.35 bits per heavy atom. The minimum Gasteiger partial charge on any atom is -0.467 e. The predicted molar refractivity (Wildman–Crippen MR) is 95.0 cm³/mol. The number of furan rings is 1. The number of hydrogen-bond acceptors (Lipinski definition) is 7.